The van der Waals surface area contributed by atoms with Crippen LogP contribution in [-0.2, 0) is 11.3 Å². The second-order valence-electron chi connectivity index (χ2n) is 6.44. The first-order valence-corrected chi connectivity index (χ1v) is 8.58. The van der Waals surface area contributed by atoms with Crippen molar-refractivity contribution >= 4 is 14.3 Å². The Labute approximate surface area is 170 Å². The first-order valence-electron chi connectivity index (χ1n) is 8.58. The van der Waals surface area contributed by atoms with Crippen molar-refractivity contribution in [2.75, 3.05) is 45.8 Å². The number of nitrogens with zero attached hydrogens (tertiary/aromatic N) is 3. The summed E-state index contributed by atoms with van der Waals surface area (Å²) in [6.45, 7) is 8.73. The van der Waals surface area contributed by atoms with E-state index in [1.807, 2.05) is 4.90 Å². The van der Waals surface area contributed by atoms with Crippen molar-refractivity contribution in [3.63, 3.8) is 0 Å². The van der Waals surface area contributed by atoms with Gasteiger partial charge in [0.1, 0.15) is 0 Å². The molecule has 0 N–H and O–H groups in total. The summed E-state index contributed by atoms with van der Waals surface area (Å²) in [6.07, 6.45) is 2.93. The van der Waals surface area contributed by atoms with Crippen molar-refractivity contribution in [3.05, 3.63) is 35.9 Å². The Hall–Kier alpha value is -0.325. The maximum absolute atomic E-state index is 11.6. The van der Waals surface area contributed by atoms with Gasteiger partial charge in [0.15, 0.2) is 0 Å². The molecule has 0 aliphatic carbocycles. The molecule has 2 fully saturated rings. The number of amides is 1. The number of benzene rings is 1. The van der Waals surface area contributed by atoms with Gasteiger partial charge in [-0.3, -0.25) is 9.69 Å². The smallest absolute Gasteiger partial charge is 0.343 e. The van der Waals surface area contributed by atoms with Crippen LogP contribution < -0.4 is 29.6 Å². The molecule has 24 heavy (non-hydrogen) atoms. The molecule has 3 rings (SSSR count). The van der Waals surface area contributed by atoms with Crippen molar-refractivity contribution in [1.29, 1.82) is 0 Å². The molecule has 2 heterocycles. The summed E-state index contributed by atoms with van der Waals surface area (Å²) in [5.74, 6) is 0.354. The van der Waals surface area contributed by atoms with Gasteiger partial charge in [-0.05, 0) is 24.9 Å². The molecular formula is C18H31BN3NaO. The van der Waals surface area contributed by atoms with Crippen LogP contribution in [0.4, 0.5) is 0 Å². The Morgan fingerprint density at radius 3 is 2.17 bits per heavy atom. The van der Waals surface area contributed by atoms with Gasteiger partial charge in [0.25, 0.3) is 0 Å². The monoisotopic (exact) mass is 339 g/mol. The number of hydrogen-bond donors (Lipinski definition) is 0. The third kappa shape index (κ3) is 6.53. The average molecular weight is 339 g/mol. The molecule has 2 aliphatic rings. The normalized spacial score (nSPS) is 19.0. The van der Waals surface area contributed by atoms with E-state index < -0.39 is 0 Å². The van der Waals surface area contributed by atoms with Crippen LogP contribution in [0.15, 0.2) is 30.3 Å². The minimum absolute atomic E-state index is 0. The minimum Gasteiger partial charge on any atom is -0.343 e. The molecule has 0 bridgehead atoms. The molecule has 0 radical (unpaired) electrons. The van der Waals surface area contributed by atoms with E-state index in [4.69, 9.17) is 0 Å². The molecule has 128 valence electrons. The molecule has 1 amide bonds. The number of carbonyl (C=O) groups excluding carboxylic acids is 1. The van der Waals surface area contributed by atoms with E-state index in [2.05, 4.69) is 40.1 Å². The predicted molar refractivity (Wildman–Crippen MR) is 99.9 cm³/mol. The van der Waals surface area contributed by atoms with Crippen molar-refractivity contribution in [2.45, 2.75) is 25.8 Å². The molecule has 1 aromatic carbocycles. The molecule has 0 atom stereocenters. The Morgan fingerprint density at radius 2 is 1.54 bits per heavy atom. The maximum Gasteiger partial charge on any atom is 1.00 e. The summed E-state index contributed by atoms with van der Waals surface area (Å²) in [7, 11) is 0. The molecule has 1 aromatic rings. The standard InChI is InChI=1S/C18H27N3O.BH4.Na/c22-18-8-4-10-21(18)11-5-9-19-12-14-20(15-13-19)16-17-6-2-1-3-7-17;;/h1-3,6-7H,4-5,8-16H2;1H4;/q;-1;+1. The fourth-order valence-corrected chi connectivity index (χ4v) is 3.44. The maximum atomic E-state index is 11.6. The van der Waals surface area contributed by atoms with E-state index >= 15 is 0 Å². The van der Waals surface area contributed by atoms with Crippen LogP contribution >= 0.6 is 0 Å². The molecule has 6 heteroatoms. The largest absolute Gasteiger partial charge is 1.00 e. The van der Waals surface area contributed by atoms with Crippen LogP contribution in [0.1, 0.15) is 24.8 Å². The number of likely N-dealkylation sites (tertiary alicyclic amines) is 1. The third-order valence-electron chi connectivity index (χ3n) is 4.79. The van der Waals surface area contributed by atoms with Gasteiger partial charge in [-0.25, -0.2) is 0 Å². The molecule has 2 aliphatic heterocycles. The van der Waals surface area contributed by atoms with Crippen molar-refractivity contribution < 1.29 is 34.4 Å². The van der Waals surface area contributed by atoms with Gasteiger partial charge in [-0.1, -0.05) is 38.7 Å². The van der Waals surface area contributed by atoms with Gasteiger partial charge in [-0.15, -0.1) is 0 Å². The quantitative estimate of drug-likeness (QED) is 0.531. The fourth-order valence-electron chi connectivity index (χ4n) is 3.44. The van der Waals surface area contributed by atoms with Crippen LogP contribution in [0, 0.1) is 0 Å². The summed E-state index contributed by atoms with van der Waals surface area (Å²) in [5.41, 5.74) is 1.41. The van der Waals surface area contributed by atoms with E-state index in [-0.39, 0.29) is 38.0 Å². The van der Waals surface area contributed by atoms with E-state index in [9.17, 15) is 4.79 Å². The second kappa shape index (κ2) is 11.3. The fraction of sp³-hybridized carbons (Fsp3) is 0.611. The van der Waals surface area contributed by atoms with E-state index in [1.165, 1.54) is 5.56 Å². The molecule has 0 spiro atoms. The van der Waals surface area contributed by atoms with Crippen LogP contribution in [0.5, 0.6) is 0 Å². The Kier molecular flexibility index (Phi) is 10.2. The van der Waals surface area contributed by atoms with E-state index in [1.54, 1.807) is 0 Å². The molecule has 4 nitrogen and oxygen atoms in total. The minimum atomic E-state index is 0. The van der Waals surface area contributed by atoms with Gasteiger partial charge in [-0.2, -0.15) is 0 Å². The first kappa shape index (κ1) is 21.7. The van der Waals surface area contributed by atoms with E-state index in [0.717, 1.165) is 71.6 Å². The molecule has 0 unspecified atom stereocenters. The van der Waals surface area contributed by atoms with Gasteiger partial charge < -0.3 is 9.80 Å². The molecule has 2 saturated heterocycles. The Morgan fingerprint density at radius 1 is 0.875 bits per heavy atom. The van der Waals surface area contributed by atoms with Crippen molar-refractivity contribution in [2.24, 2.45) is 0 Å². The molecule has 0 aromatic heterocycles. The number of carbonyl (C=O) groups is 1. The van der Waals surface area contributed by atoms with Crippen LogP contribution in [-0.4, -0.2) is 74.8 Å². The number of hydrogen-bond acceptors (Lipinski definition) is 3. The Balaban J connectivity index is 0.00000144. The zero-order valence-electron chi connectivity index (χ0n) is 14.4. The summed E-state index contributed by atoms with van der Waals surface area (Å²) >= 11 is 0. The first-order chi connectivity index (χ1) is 10.8. The molecular weight excluding hydrogens is 308 g/mol. The topological polar surface area (TPSA) is 26.8 Å². The van der Waals surface area contributed by atoms with Crippen LogP contribution in [0.2, 0.25) is 0 Å². The van der Waals surface area contributed by atoms with Gasteiger partial charge in [0.2, 0.25) is 5.91 Å². The third-order valence-corrected chi connectivity index (χ3v) is 4.79. The summed E-state index contributed by atoms with van der Waals surface area (Å²) < 4.78 is 0. The van der Waals surface area contributed by atoms with Crippen LogP contribution in [0.3, 0.4) is 0 Å². The second-order valence-corrected chi connectivity index (χ2v) is 6.44. The predicted octanol–water partition coefficient (Wildman–Crippen LogP) is -2.63. The average Bonchev–Trinajstić information content (AvgIpc) is 2.95. The SMILES string of the molecule is O=C1CCCN1CCCN1CCN(Cc2ccccc2)CC1.[BH4-].[Na+]. The van der Waals surface area contributed by atoms with E-state index in [0.29, 0.717) is 5.91 Å². The zero-order chi connectivity index (χ0) is 15.2. The Bertz CT molecular complexity index is 480. The summed E-state index contributed by atoms with van der Waals surface area (Å²) in [4.78, 5) is 18.7. The van der Waals surface area contributed by atoms with Crippen molar-refractivity contribution in [3.8, 4) is 0 Å². The van der Waals surface area contributed by atoms with Gasteiger partial charge in [0.05, 0.1) is 0 Å². The summed E-state index contributed by atoms with van der Waals surface area (Å²) in [6, 6.07) is 10.7. The number of piperazine rings is 1. The zero-order valence-corrected chi connectivity index (χ0v) is 16.4. The summed E-state index contributed by atoms with van der Waals surface area (Å²) in [5, 5.41) is 0. The van der Waals surface area contributed by atoms with Crippen LogP contribution in [0.25, 0.3) is 0 Å². The molecule has 0 saturated carbocycles. The van der Waals surface area contributed by atoms with Gasteiger partial charge >= 0.3 is 29.6 Å². The number of rotatable bonds is 6. The van der Waals surface area contributed by atoms with Gasteiger partial charge in [0, 0.05) is 52.2 Å². The van der Waals surface area contributed by atoms with Crippen molar-refractivity contribution in [1.82, 2.24) is 14.7 Å².